The lowest BCUT2D eigenvalue weighted by Gasteiger charge is -2.14. The molecular formula is C25H22N2O2. The molecule has 1 aromatic heterocycles. The molecule has 4 rings (SSSR count). The Bertz CT molecular complexity index is 1270. The molecule has 4 aromatic rings. The molecule has 144 valence electrons. The third-order valence-electron chi connectivity index (χ3n) is 5.24. The fourth-order valence-electron chi connectivity index (χ4n) is 3.59. The predicted octanol–water partition coefficient (Wildman–Crippen LogP) is 5.20. The lowest BCUT2D eigenvalue weighted by molar-refractivity contribution is 0.0939. The Hall–Kier alpha value is -3.53. The highest BCUT2D eigenvalue weighted by Gasteiger charge is 2.13. The minimum absolute atomic E-state index is 0.0295. The molecule has 0 saturated heterocycles. The lowest BCUT2D eigenvalue weighted by atomic mass is 9.95. The Morgan fingerprint density at radius 3 is 2.38 bits per heavy atom. The zero-order chi connectivity index (χ0) is 20.5. The van der Waals surface area contributed by atoms with E-state index in [9.17, 15) is 9.59 Å². The van der Waals surface area contributed by atoms with Gasteiger partial charge in [-0.1, -0.05) is 62.4 Å². The molecule has 0 bridgehead atoms. The summed E-state index contributed by atoms with van der Waals surface area (Å²) >= 11 is 0. The molecule has 1 heterocycles. The van der Waals surface area contributed by atoms with Crippen LogP contribution < -0.4 is 5.56 Å². The third kappa shape index (κ3) is 3.38. The summed E-state index contributed by atoms with van der Waals surface area (Å²) in [5.74, 6) is 0.106. The molecule has 0 radical (unpaired) electrons. The van der Waals surface area contributed by atoms with Crippen LogP contribution in [0.2, 0.25) is 0 Å². The second-order valence-electron chi connectivity index (χ2n) is 7.48. The van der Waals surface area contributed by atoms with E-state index in [4.69, 9.17) is 0 Å². The highest BCUT2D eigenvalue weighted by molar-refractivity contribution is 5.97. The summed E-state index contributed by atoms with van der Waals surface area (Å²) in [6, 6.07) is 20.9. The van der Waals surface area contributed by atoms with E-state index in [1.165, 1.54) is 0 Å². The van der Waals surface area contributed by atoms with Gasteiger partial charge in [-0.25, -0.2) is 4.98 Å². The van der Waals surface area contributed by atoms with Crippen molar-refractivity contribution in [2.45, 2.75) is 20.8 Å². The van der Waals surface area contributed by atoms with Crippen LogP contribution in [0.15, 0.2) is 77.9 Å². The molecule has 29 heavy (non-hydrogen) atoms. The zero-order valence-electron chi connectivity index (χ0n) is 16.7. The maximum atomic E-state index is 13.0. The average molecular weight is 382 g/mol. The Morgan fingerprint density at radius 1 is 0.931 bits per heavy atom. The number of aromatic nitrogens is 2. The second-order valence-corrected chi connectivity index (χ2v) is 7.48. The molecule has 0 amide bonds. The first-order chi connectivity index (χ1) is 14.0. The number of nitrogens with zero attached hydrogens (tertiary/aromatic N) is 2. The number of rotatable bonds is 4. The van der Waals surface area contributed by atoms with E-state index in [0.29, 0.717) is 16.5 Å². The van der Waals surface area contributed by atoms with Crippen molar-refractivity contribution in [1.29, 1.82) is 0 Å². The monoisotopic (exact) mass is 382 g/mol. The number of carbonyl (C=O) groups excluding carboxylic acids is 1. The molecule has 0 atom stereocenters. The Morgan fingerprint density at radius 2 is 1.66 bits per heavy atom. The van der Waals surface area contributed by atoms with Crippen LogP contribution in [0.3, 0.4) is 0 Å². The summed E-state index contributed by atoms with van der Waals surface area (Å²) in [7, 11) is 0. The molecule has 0 unspecified atom stereocenters. The van der Waals surface area contributed by atoms with Gasteiger partial charge in [0.1, 0.15) is 6.33 Å². The summed E-state index contributed by atoms with van der Waals surface area (Å²) in [4.78, 5) is 29.6. The molecule has 4 heteroatoms. The standard InChI is InChI=1S/C25H22N2O2/c1-16(2)24(28)19-13-11-18(12-14-19)20-8-6-10-23(17(20)3)27-15-26-22-9-5-4-7-21(22)25(27)29/h4-16H,1-3H3. The van der Waals surface area contributed by atoms with Crippen molar-refractivity contribution in [2.75, 3.05) is 0 Å². The van der Waals surface area contributed by atoms with Gasteiger partial charge < -0.3 is 0 Å². The summed E-state index contributed by atoms with van der Waals surface area (Å²) in [5, 5.41) is 0.594. The van der Waals surface area contributed by atoms with Gasteiger partial charge in [0, 0.05) is 11.5 Å². The van der Waals surface area contributed by atoms with Crippen molar-refractivity contribution in [2.24, 2.45) is 5.92 Å². The van der Waals surface area contributed by atoms with Crippen LogP contribution in [0.5, 0.6) is 0 Å². The first-order valence-corrected chi connectivity index (χ1v) is 9.68. The Balaban J connectivity index is 1.80. The Kier molecular flexibility index (Phi) is 4.85. The molecular weight excluding hydrogens is 360 g/mol. The first kappa shape index (κ1) is 18.8. The molecule has 0 aliphatic heterocycles. The molecule has 0 saturated carbocycles. The van der Waals surface area contributed by atoms with Gasteiger partial charge in [-0.05, 0) is 41.8 Å². The van der Waals surface area contributed by atoms with Gasteiger partial charge in [-0.2, -0.15) is 0 Å². The largest absolute Gasteiger partial charge is 0.294 e. The number of hydrogen-bond donors (Lipinski definition) is 0. The minimum atomic E-state index is -0.0891. The maximum Gasteiger partial charge on any atom is 0.265 e. The van der Waals surface area contributed by atoms with Crippen molar-refractivity contribution < 1.29 is 4.79 Å². The molecule has 0 aliphatic carbocycles. The average Bonchev–Trinajstić information content (AvgIpc) is 2.74. The molecule has 0 aliphatic rings. The fourth-order valence-corrected chi connectivity index (χ4v) is 3.59. The molecule has 0 spiro atoms. The SMILES string of the molecule is Cc1c(-c2ccc(C(=O)C(C)C)cc2)cccc1-n1cnc2ccccc2c1=O. The van der Waals surface area contributed by atoms with Crippen LogP contribution in [0.4, 0.5) is 0 Å². The number of benzene rings is 3. The Labute approximate surface area is 169 Å². The smallest absolute Gasteiger partial charge is 0.265 e. The van der Waals surface area contributed by atoms with E-state index in [0.717, 1.165) is 22.4 Å². The van der Waals surface area contributed by atoms with Gasteiger partial charge >= 0.3 is 0 Å². The van der Waals surface area contributed by atoms with E-state index < -0.39 is 0 Å². The molecule has 4 nitrogen and oxygen atoms in total. The highest BCUT2D eigenvalue weighted by atomic mass is 16.1. The second kappa shape index (κ2) is 7.47. The lowest BCUT2D eigenvalue weighted by Crippen LogP contribution is -2.19. The van der Waals surface area contributed by atoms with Gasteiger partial charge in [0.15, 0.2) is 5.78 Å². The van der Waals surface area contributed by atoms with Crippen molar-refractivity contribution in [3.05, 3.63) is 94.5 Å². The van der Waals surface area contributed by atoms with Crippen LogP contribution in [0.25, 0.3) is 27.7 Å². The quantitative estimate of drug-likeness (QED) is 0.456. The number of ketones is 1. The van der Waals surface area contributed by atoms with Crippen molar-refractivity contribution in [3.63, 3.8) is 0 Å². The summed E-state index contributed by atoms with van der Waals surface area (Å²) < 4.78 is 1.60. The van der Waals surface area contributed by atoms with Gasteiger partial charge in [0.25, 0.3) is 5.56 Å². The normalized spacial score (nSPS) is 11.2. The molecule has 0 N–H and O–H groups in total. The number of hydrogen-bond acceptors (Lipinski definition) is 3. The van der Waals surface area contributed by atoms with Gasteiger partial charge in [0.2, 0.25) is 0 Å². The van der Waals surface area contributed by atoms with Crippen molar-refractivity contribution in [1.82, 2.24) is 9.55 Å². The topological polar surface area (TPSA) is 52.0 Å². The fraction of sp³-hybridized carbons (Fsp3) is 0.160. The number of Topliss-reactive ketones (excluding diaryl/α,β-unsaturated/α-hetero) is 1. The number of para-hydroxylation sites is 1. The van der Waals surface area contributed by atoms with Crippen LogP contribution in [0, 0.1) is 12.8 Å². The number of fused-ring (bicyclic) bond motifs is 1. The summed E-state index contributed by atoms with van der Waals surface area (Å²) in [6.45, 7) is 5.80. The number of carbonyl (C=O) groups is 1. The van der Waals surface area contributed by atoms with Gasteiger partial charge in [-0.15, -0.1) is 0 Å². The molecule has 3 aromatic carbocycles. The van der Waals surface area contributed by atoms with Crippen molar-refractivity contribution in [3.8, 4) is 16.8 Å². The first-order valence-electron chi connectivity index (χ1n) is 9.68. The van der Waals surface area contributed by atoms with Crippen LogP contribution in [-0.4, -0.2) is 15.3 Å². The van der Waals surface area contributed by atoms with E-state index >= 15 is 0 Å². The zero-order valence-corrected chi connectivity index (χ0v) is 16.7. The van der Waals surface area contributed by atoms with Crippen LogP contribution in [0.1, 0.15) is 29.8 Å². The summed E-state index contributed by atoms with van der Waals surface area (Å²) in [5.41, 5.74) is 5.12. The van der Waals surface area contributed by atoms with Crippen LogP contribution >= 0.6 is 0 Å². The van der Waals surface area contributed by atoms with Gasteiger partial charge in [0.05, 0.1) is 16.6 Å². The maximum absolute atomic E-state index is 13.0. The summed E-state index contributed by atoms with van der Waals surface area (Å²) in [6.07, 6.45) is 1.58. The molecule has 0 fully saturated rings. The van der Waals surface area contributed by atoms with E-state index in [2.05, 4.69) is 4.98 Å². The minimum Gasteiger partial charge on any atom is -0.294 e. The van der Waals surface area contributed by atoms with E-state index in [1.54, 1.807) is 17.0 Å². The van der Waals surface area contributed by atoms with E-state index in [1.807, 2.05) is 81.4 Å². The van der Waals surface area contributed by atoms with E-state index in [-0.39, 0.29) is 17.3 Å². The highest BCUT2D eigenvalue weighted by Crippen LogP contribution is 2.28. The predicted molar refractivity (Wildman–Crippen MR) is 117 cm³/mol. The van der Waals surface area contributed by atoms with Crippen LogP contribution in [-0.2, 0) is 0 Å². The van der Waals surface area contributed by atoms with Crippen molar-refractivity contribution >= 4 is 16.7 Å². The third-order valence-corrected chi connectivity index (χ3v) is 5.24. The van der Waals surface area contributed by atoms with Gasteiger partial charge in [-0.3, -0.25) is 14.2 Å².